The van der Waals surface area contributed by atoms with Gasteiger partial charge in [0.05, 0.1) is 5.69 Å². The molecule has 5 nitrogen and oxygen atoms in total. The van der Waals surface area contributed by atoms with Crippen molar-refractivity contribution < 1.29 is 12.7 Å². The molecule has 0 saturated heterocycles. The highest BCUT2D eigenvalue weighted by molar-refractivity contribution is 7.67. The van der Waals surface area contributed by atoms with Crippen LogP contribution >= 0.6 is 0 Å². The molecule has 0 atom stereocenters. The van der Waals surface area contributed by atoms with Crippen LogP contribution in [-0.2, 0) is 15.3 Å². The zero-order chi connectivity index (χ0) is 8.27. The minimum absolute atomic E-state index is 0.657. The fraction of sp³-hybridized carbons (Fsp3) is 0.200. The number of rotatable bonds is 3. The van der Waals surface area contributed by atoms with E-state index in [-0.39, 0.29) is 0 Å². The van der Waals surface area contributed by atoms with Gasteiger partial charge in [-0.3, -0.25) is 0 Å². The van der Waals surface area contributed by atoms with Crippen molar-refractivity contribution in [1.82, 2.24) is 4.98 Å². The first-order chi connectivity index (χ1) is 5.20. The van der Waals surface area contributed by atoms with E-state index in [1.807, 2.05) is 0 Å². The van der Waals surface area contributed by atoms with Crippen LogP contribution in [0.2, 0.25) is 0 Å². The number of hydroxylamine groups is 1. The van der Waals surface area contributed by atoms with Crippen molar-refractivity contribution in [3.05, 3.63) is 18.5 Å². The fourth-order valence-electron chi connectivity index (χ4n) is 0.658. The number of nitrogens with one attached hydrogen (secondary N) is 1. The molecule has 0 aliphatic heterocycles. The number of hydrogen-bond acceptors (Lipinski definition) is 4. The average molecular weight is 176 g/mol. The summed E-state index contributed by atoms with van der Waals surface area (Å²) >= 11 is 0. The Balaban J connectivity index is 2.63. The van der Waals surface area contributed by atoms with Gasteiger partial charge in [-0.15, -0.1) is 0 Å². The standard InChI is InChI=1S/C5H8N2O3S/c1-7(10-11(8)9)5-2-3-6-4-5/h2-4,6,11H,1H3. The highest BCUT2D eigenvalue weighted by Gasteiger charge is 2.00. The summed E-state index contributed by atoms with van der Waals surface area (Å²) in [7, 11) is -1.32. The van der Waals surface area contributed by atoms with Gasteiger partial charge in [0.2, 0.25) is 0 Å². The second-order valence-electron chi connectivity index (χ2n) is 1.87. The summed E-state index contributed by atoms with van der Waals surface area (Å²) in [6, 6.07) is 1.69. The van der Waals surface area contributed by atoms with Crippen molar-refractivity contribution in [3.8, 4) is 0 Å². The third-order valence-corrected chi connectivity index (χ3v) is 1.51. The molecule has 1 N–H and O–H groups in total. The number of aromatic amines is 1. The van der Waals surface area contributed by atoms with Crippen LogP contribution in [-0.4, -0.2) is 20.4 Å². The predicted octanol–water partition coefficient (Wildman–Crippen LogP) is -0.0911. The molecule has 1 aromatic rings. The van der Waals surface area contributed by atoms with E-state index in [1.165, 1.54) is 7.05 Å². The summed E-state index contributed by atoms with van der Waals surface area (Å²) in [6.45, 7) is 0. The van der Waals surface area contributed by atoms with E-state index in [0.717, 1.165) is 5.06 Å². The Hall–Kier alpha value is -1.01. The van der Waals surface area contributed by atoms with Crippen LogP contribution in [0.15, 0.2) is 18.5 Å². The van der Waals surface area contributed by atoms with Crippen molar-refractivity contribution in [2.75, 3.05) is 12.1 Å². The Morgan fingerprint density at radius 3 is 2.82 bits per heavy atom. The lowest BCUT2D eigenvalue weighted by Crippen LogP contribution is -2.15. The summed E-state index contributed by atoms with van der Waals surface area (Å²) in [5.41, 5.74) is 0.657. The number of thiol groups is 1. The molecular weight excluding hydrogens is 168 g/mol. The molecule has 11 heavy (non-hydrogen) atoms. The number of hydrogen-bond donors (Lipinski definition) is 2. The summed E-state index contributed by atoms with van der Waals surface area (Å²) in [4.78, 5) is 2.77. The Morgan fingerprint density at radius 1 is 1.64 bits per heavy atom. The van der Waals surface area contributed by atoms with E-state index in [0.29, 0.717) is 5.69 Å². The average Bonchev–Trinajstić information content (AvgIpc) is 2.35. The van der Waals surface area contributed by atoms with Gasteiger partial charge in [-0.05, 0) is 6.07 Å². The van der Waals surface area contributed by atoms with Gasteiger partial charge in [0, 0.05) is 19.4 Å². The van der Waals surface area contributed by atoms with E-state index in [9.17, 15) is 8.42 Å². The number of nitrogens with zero attached hydrogens (tertiary/aromatic N) is 1. The number of aromatic nitrogens is 1. The van der Waals surface area contributed by atoms with Gasteiger partial charge in [0.15, 0.2) is 0 Å². The van der Waals surface area contributed by atoms with Crippen molar-refractivity contribution in [2.24, 2.45) is 0 Å². The van der Waals surface area contributed by atoms with Gasteiger partial charge >= 0.3 is 0 Å². The minimum atomic E-state index is -2.83. The summed E-state index contributed by atoms with van der Waals surface area (Å²) in [5, 5.41) is 1.15. The first-order valence-corrected chi connectivity index (χ1v) is 3.98. The molecule has 0 radical (unpaired) electrons. The lowest BCUT2D eigenvalue weighted by Gasteiger charge is -2.10. The molecule has 0 bridgehead atoms. The zero-order valence-electron chi connectivity index (χ0n) is 5.85. The van der Waals surface area contributed by atoms with Gasteiger partial charge < -0.3 is 4.98 Å². The quantitative estimate of drug-likeness (QED) is 0.499. The molecule has 0 unspecified atom stereocenters. The van der Waals surface area contributed by atoms with Crippen molar-refractivity contribution >= 4 is 16.7 Å². The Morgan fingerprint density at radius 2 is 2.36 bits per heavy atom. The Bertz CT molecular complexity index is 272. The molecular formula is C5H8N2O3S. The lowest BCUT2D eigenvalue weighted by atomic mass is 10.5. The maximum atomic E-state index is 10.1. The molecule has 0 saturated carbocycles. The molecule has 0 aliphatic carbocycles. The van der Waals surface area contributed by atoms with Crippen molar-refractivity contribution in [3.63, 3.8) is 0 Å². The van der Waals surface area contributed by atoms with E-state index >= 15 is 0 Å². The minimum Gasteiger partial charge on any atom is -0.366 e. The largest absolute Gasteiger partial charge is 0.366 e. The molecule has 6 heteroatoms. The Labute approximate surface area is 65.7 Å². The normalized spacial score (nSPS) is 10.4. The predicted molar refractivity (Wildman–Crippen MR) is 40.6 cm³/mol. The van der Waals surface area contributed by atoms with Crippen molar-refractivity contribution in [1.29, 1.82) is 0 Å². The summed E-state index contributed by atoms with van der Waals surface area (Å²) in [5.74, 6) is 0. The molecule has 0 aromatic carbocycles. The number of H-pyrrole nitrogens is 1. The maximum absolute atomic E-state index is 10.1. The smallest absolute Gasteiger partial charge is 0.277 e. The molecule has 1 rings (SSSR count). The van der Waals surface area contributed by atoms with E-state index in [4.69, 9.17) is 0 Å². The van der Waals surface area contributed by atoms with Crippen LogP contribution in [0.3, 0.4) is 0 Å². The molecule has 1 heterocycles. The van der Waals surface area contributed by atoms with Crippen LogP contribution in [0.25, 0.3) is 0 Å². The van der Waals surface area contributed by atoms with Gasteiger partial charge in [0.1, 0.15) is 0 Å². The first-order valence-electron chi connectivity index (χ1n) is 2.89. The summed E-state index contributed by atoms with van der Waals surface area (Å²) in [6.07, 6.45) is 3.30. The van der Waals surface area contributed by atoms with E-state index in [1.54, 1.807) is 18.5 Å². The van der Waals surface area contributed by atoms with Gasteiger partial charge in [-0.25, -0.2) is 13.5 Å². The molecule has 0 spiro atoms. The molecule has 0 aliphatic rings. The van der Waals surface area contributed by atoms with Crippen LogP contribution in [0.5, 0.6) is 0 Å². The molecule has 62 valence electrons. The van der Waals surface area contributed by atoms with Crippen molar-refractivity contribution in [2.45, 2.75) is 0 Å². The van der Waals surface area contributed by atoms with Crippen LogP contribution in [0, 0.1) is 0 Å². The van der Waals surface area contributed by atoms with Crippen LogP contribution in [0.1, 0.15) is 0 Å². The third kappa shape index (κ3) is 2.24. The second kappa shape index (κ2) is 3.40. The van der Waals surface area contributed by atoms with Gasteiger partial charge in [-0.2, -0.15) is 4.28 Å². The third-order valence-electron chi connectivity index (χ3n) is 1.13. The monoisotopic (exact) mass is 176 g/mol. The maximum Gasteiger partial charge on any atom is 0.277 e. The lowest BCUT2D eigenvalue weighted by molar-refractivity contribution is 0.320. The number of anilines is 1. The fourth-order valence-corrected chi connectivity index (χ4v) is 0.952. The van der Waals surface area contributed by atoms with E-state index in [2.05, 4.69) is 9.27 Å². The SMILES string of the molecule is CN(O[SH](=O)=O)c1cc[nH]c1. The highest BCUT2D eigenvalue weighted by atomic mass is 32.2. The van der Waals surface area contributed by atoms with E-state index < -0.39 is 11.0 Å². The second-order valence-corrected chi connectivity index (χ2v) is 2.48. The molecule has 1 aromatic heterocycles. The first kappa shape index (κ1) is 8.09. The molecule has 0 fully saturated rings. The van der Waals surface area contributed by atoms with Crippen LogP contribution < -0.4 is 5.06 Å². The van der Waals surface area contributed by atoms with Crippen LogP contribution in [0.4, 0.5) is 5.69 Å². The van der Waals surface area contributed by atoms with Gasteiger partial charge in [-0.1, -0.05) is 0 Å². The topological polar surface area (TPSA) is 62.4 Å². The summed E-state index contributed by atoms with van der Waals surface area (Å²) < 4.78 is 24.5. The zero-order valence-corrected chi connectivity index (χ0v) is 6.75. The Kier molecular flexibility index (Phi) is 2.50. The highest BCUT2D eigenvalue weighted by Crippen LogP contribution is 2.09. The van der Waals surface area contributed by atoms with Gasteiger partial charge in [0.25, 0.3) is 11.0 Å². The molecule has 0 amide bonds.